The molecule has 3 nitrogen and oxygen atoms in total. The fraction of sp³-hybridized carbons (Fsp3) is 0.400. The molecule has 0 spiro atoms. The molecule has 0 radical (unpaired) electrons. The average molecular weight is 266 g/mol. The zero-order chi connectivity index (χ0) is 13.9. The van der Waals surface area contributed by atoms with Crippen molar-refractivity contribution in [3.63, 3.8) is 0 Å². The highest BCUT2D eigenvalue weighted by molar-refractivity contribution is 5.39. The molecule has 0 saturated heterocycles. The number of ether oxygens (including phenoxy) is 1. The smallest absolute Gasteiger partial charge is 0.416 e. The van der Waals surface area contributed by atoms with Crippen LogP contribution in [0.4, 0.5) is 22.0 Å². The zero-order valence-electron chi connectivity index (χ0n) is 9.05. The lowest BCUT2D eigenvalue weighted by Crippen LogP contribution is -2.13. The average Bonchev–Trinajstić information content (AvgIpc) is 2.27. The van der Waals surface area contributed by atoms with Crippen molar-refractivity contribution in [3.8, 4) is 11.9 Å². The quantitative estimate of drug-likeness (QED) is 0.789. The van der Waals surface area contributed by atoms with Gasteiger partial charge in [-0.25, -0.2) is 13.8 Å². The van der Waals surface area contributed by atoms with Crippen LogP contribution in [0, 0.1) is 11.3 Å². The van der Waals surface area contributed by atoms with Crippen molar-refractivity contribution in [2.75, 3.05) is 7.11 Å². The lowest BCUT2D eigenvalue weighted by molar-refractivity contribution is -0.138. The first-order chi connectivity index (χ1) is 8.31. The number of nitriles is 1. The summed E-state index contributed by atoms with van der Waals surface area (Å²) < 4.78 is 67.8. The summed E-state index contributed by atoms with van der Waals surface area (Å²) in [4.78, 5) is 3.26. The molecule has 0 unspecified atom stereocenters. The van der Waals surface area contributed by atoms with Gasteiger partial charge in [0.1, 0.15) is 5.69 Å². The van der Waals surface area contributed by atoms with Crippen LogP contribution in [0.25, 0.3) is 0 Å². The van der Waals surface area contributed by atoms with Crippen molar-refractivity contribution < 1.29 is 26.7 Å². The Labute approximate surface area is 98.8 Å². The van der Waals surface area contributed by atoms with Crippen LogP contribution in [0.15, 0.2) is 6.07 Å². The summed E-state index contributed by atoms with van der Waals surface area (Å²) in [6.07, 6.45) is -8.87. The second-order valence-corrected chi connectivity index (χ2v) is 3.21. The highest BCUT2D eigenvalue weighted by Crippen LogP contribution is 2.37. The molecule has 0 saturated carbocycles. The third-order valence-corrected chi connectivity index (χ3v) is 2.11. The van der Waals surface area contributed by atoms with Gasteiger partial charge in [-0.05, 0) is 0 Å². The number of rotatable bonds is 3. The summed E-state index contributed by atoms with van der Waals surface area (Å²) in [6.45, 7) is 0. The highest BCUT2D eigenvalue weighted by Gasteiger charge is 2.37. The normalized spacial score (nSPS) is 11.4. The van der Waals surface area contributed by atoms with E-state index in [0.717, 1.165) is 7.11 Å². The summed E-state index contributed by atoms with van der Waals surface area (Å²) in [5.41, 5.74) is -3.23. The Morgan fingerprint density at radius 1 is 1.44 bits per heavy atom. The van der Waals surface area contributed by atoms with Crippen molar-refractivity contribution in [2.24, 2.45) is 0 Å². The van der Waals surface area contributed by atoms with Gasteiger partial charge in [0.2, 0.25) is 5.88 Å². The number of hydrogen-bond acceptors (Lipinski definition) is 3. The molecule has 1 rings (SSSR count). The summed E-state index contributed by atoms with van der Waals surface area (Å²) >= 11 is 0. The molecular weight excluding hydrogens is 259 g/mol. The molecule has 1 aromatic heterocycles. The molecule has 0 atom stereocenters. The molecule has 0 aromatic carbocycles. The lowest BCUT2D eigenvalue weighted by atomic mass is 10.0. The lowest BCUT2D eigenvalue weighted by Gasteiger charge is -2.15. The van der Waals surface area contributed by atoms with Gasteiger partial charge in [-0.1, -0.05) is 0 Å². The number of methoxy groups -OCH3 is 1. The van der Waals surface area contributed by atoms with E-state index in [2.05, 4.69) is 9.72 Å². The van der Waals surface area contributed by atoms with Crippen LogP contribution < -0.4 is 4.74 Å². The zero-order valence-corrected chi connectivity index (χ0v) is 9.05. The van der Waals surface area contributed by atoms with E-state index >= 15 is 0 Å². The maximum atomic E-state index is 12.7. The summed E-state index contributed by atoms with van der Waals surface area (Å²) in [5, 5.41) is 8.42. The minimum atomic E-state index is -4.86. The molecular formula is C10H7F5N2O. The largest absolute Gasteiger partial charge is 0.481 e. The van der Waals surface area contributed by atoms with E-state index in [0.29, 0.717) is 6.07 Å². The molecule has 8 heteroatoms. The molecule has 18 heavy (non-hydrogen) atoms. The first-order valence-electron chi connectivity index (χ1n) is 4.61. The maximum absolute atomic E-state index is 12.7. The first kappa shape index (κ1) is 14.2. The van der Waals surface area contributed by atoms with Crippen LogP contribution in [0.5, 0.6) is 5.88 Å². The van der Waals surface area contributed by atoms with Gasteiger partial charge in [0.15, 0.2) is 0 Å². The molecule has 0 bridgehead atoms. The van der Waals surface area contributed by atoms with E-state index in [-0.39, 0.29) is 0 Å². The van der Waals surface area contributed by atoms with Crippen LogP contribution in [0.2, 0.25) is 0 Å². The SMILES string of the molecule is COc1cc(C(F)(F)F)c(CC#N)c(C(F)F)n1. The topological polar surface area (TPSA) is 45.9 Å². The minimum absolute atomic E-state index is 0.499. The highest BCUT2D eigenvalue weighted by atomic mass is 19.4. The van der Waals surface area contributed by atoms with Gasteiger partial charge in [-0.3, -0.25) is 0 Å². The predicted molar refractivity (Wildman–Crippen MR) is 50.1 cm³/mol. The van der Waals surface area contributed by atoms with E-state index in [4.69, 9.17) is 5.26 Å². The Morgan fingerprint density at radius 3 is 2.44 bits per heavy atom. The summed E-state index contributed by atoms with van der Waals surface area (Å²) in [5.74, 6) is -0.570. The van der Waals surface area contributed by atoms with Crippen molar-refractivity contribution in [3.05, 3.63) is 22.9 Å². The van der Waals surface area contributed by atoms with Crippen molar-refractivity contribution in [1.82, 2.24) is 4.98 Å². The van der Waals surface area contributed by atoms with E-state index in [1.807, 2.05) is 0 Å². The van der Waals surface area contributed by atoms with E-state index in [1.54, 1.807) is 0 Å². The first-order valence-corrected chi connectivity index (χ1v) is 4.61. The molecule has 0 fully saturated rings. The molecule has 0 aliphatic carbocycles. The number of hydrogen-bond donors (Lipinski definition) is 0. The number of halogens is 5. The Morgan fingerprint density at radius 2 is 2.06 bits per heavy atom. The van der Waals surface area contributed by atoms with Crippen LogP contribution >= 0.6 is 0 Å². The van der Waals surface area contributed by atoms with Gasteiger partial charge in [0.05, 0.1) is 25.2 Å². The second-order valence-electron chi connectivity index (χ2n) is 3.21. The Balaban J connectivity index is 3.56. The van der Waals surface area contributed by atoms with Crippen LogP contribution in [-0.2, 0) is 12.6 Å². The van der Waals surface area contributed by atoms with Gasteiger partial charge < -0.3 is 4.74 Å². The van der Waals surface area contributed by atoms with Crippen LogP contribution in [-0.4, -0.2) is 12.1 Å². The molecule has 98 valence electrons. The summed E-state index contributed by atoms with van der Waals surface area (Å²) in [6, 6.07) is 1.91. The Kier molecular flexibility index (Phi) is 4.06. The number of aromatic nitrogens is 1. The fourth-order valence-electron chi connectivity index (χ4n) is 1.37. The van der Waals surface area contributed by atoms with E-state index in [1.165, 1.54) is 6.07 Å². The Bertz CT molecular complexity index is 478. The standard InChI is InChI=1S/C10H7F5N2O/c1-18-7-4-6(10(13,14)15)5(2-3-16)8(17-7)9(11)12/h4,9H,2H2,1H3. The van der Waals surface area contributed by atoms with E-state index in [9.17, 15) is 22.0 Å². The minimum Gasteiger partial charge on any atom is -0.481 e. The third-order valence-electron chi connectivity index (χ3n) is 2.11. The van der Waals surface area contributed by atoms with Crippen LogP contribution in [0.3, 0.4) is 0 Å². The van der Waals surface area contributed by atoms with Crippen LogP contribution in [0.1, 0.15) is 23.2 Å². The predicted octanol–water partition coefficient (Wildman–Crippen LogP) is 3.11. The van der Waals surface area contributed by atoms with Gasteiger partial charge in [0.25, 0.3) is 6.43 Å². The number of alkyl halides is 5. The third kappa shape index (κ3) is 2.85. The number of nitrogens with zero attached hydrogens (tertiary/aromatic N) is 2. The number of pyridine rings is 1. The van der Waals surface area contributed by atoms with Crippen molar-refractivity contribution in [1.29, 1.82) is 5.26 Å². The molecule has 0 aliphatic rings. The molecule has 0 amide bonds. The fourth-order valence-corrected chi connectivity index (χ4v) is 1.37. The van der Waals surface area contributed by atoms with E-state index < -0.39 is 41.7 Å². The maximum Gasteiger partial charge on any atom is 0.416 e. The van der Waals surface area contributed by atoms with Gasteiger partial charge in [-0.15, -0.1) is 0 Å². The molecule has 0 aliphatic heterocycles. The van der Waals surface area contributed by atoms with Gasteiger partial charge in [0, 0.05) is 11.6 Å². The van der Waals surface area contributed by atoms with Crippen molar-refractivity contribution >= 4 is 0 Å². The van der Waals surface area contributed by atoms with Gasteiger partial charge >= 0.3 is 6.18 Å². The molecule has 0 N–H and O–H groups in total. The van der Waals surface area contributed by atoms with Crippen molar-refractivity contribution in [2.45, 2.75) is 19.0 Å². The summed E-state index contributed by atoms with van der Waals surface area (Å²) in [7, 11) is 1.02. The monoisotopic (exact) mass is 266 g/mol. The van der Waals surface area contributed by atoms with Gasteiger partial charge in [-0.2, -0.15) is 18.4 Å². The molecule has 1 heterocycles. The molecule has 1 aromatic rings. The Hall–Kier alpha value is -1.91. The second kappa shape index (κ2) is 5.16.